The number of hydrogen-bond acceptors (Lipinski definition) is 0. The Morgan fingerprint density at radius 1 is 0.263 bits per heavy atom. The lowest BCUT2D eigenvalue weighted by molar-refractivity contribution is 0.661. The van der Waals surface area contributed by atoms with E-state index >= 15 is 0 Å². The first-order chi connectivity index (χ1) is 28.0. The third-order valence-electron chi connectivity index (χ3n) is 13.0. The molecular weight excluding hydrogens is 685 g/mol. The van der Waals surface area contributed by atoms with Crippen LogP contribution in [-0.4, -0.2) is 0 Å². The SMILES string of the molecule is CC1(C)c2cc(-c3ccc4ccc(-c5cc6ccc7ccccc7c6c6ccccc56)cc4c3)ccc2-c2ccc(-c3cc4ccccc4c4ccccc34)cc21. The number of rotatable bonds is 3. The molecule has 0 heterocycles. The van der Waals surface area contributed by atoms with Crippen LogP contribution in [0.5, 0.6) is 0 Å². The van der Waals surface area contributed by atoms with Gasteiger partial charge in [0.25, 0.3) is 0 Å². The molecule has 1 aliphatic rings. The van der Waals surface area contributed by atoms with Gasteiger partial charge in [0, 0.05) is 5.41 Å². The molecule has 0 bridgehead atoms. The Labute approximate surface area is 332 Å². The minimum atomic E-state index is -0.143. The van der Waals surface area contributed by atoms with E-state index in [1.807, 2.05) is 0 Å². The van der Waals surface area contributed by atoms with Crippen molar-refractivity contribution >= 4 is 64.6 Å². The molecule has 0 fully saturated rings. The lowest BCUT2D eigenvalue weighted by atomic mass is 9.80. The summed E-state index contributed by atoms with van der Waals surface area (Å²) in [5.74, 6) is 0. The average Bonchev–Trinajstić information content (AvgIpc) is 3.49. The van der Waals surface area contributed by atoms with Crippen LogP contribution in [0.2, 0.25) is 0 Å². The Hall–Kier alpha value is -7.02. The Kier molecular flexibility index (Phi) is 6.78. The minimum absolute atomic E-state index is 0.143. The second kappa shape index (κ2) is 12.0. The zero-order chi connectivity index (χ0) is 37.8. The quantitative estimate of drug-likeness (QED) is 0.159. The van der Waals surface area contributed by atoms with Crippen LogP contribution in [0, 0.1) is 0 Å². The predicted molar refractivity (Wildman–Crippen MR) is 245 cm³/mol. The van der Waals surface area contributed by atoms with Gasteiger partial charge in [0.05, 0.1) is 0 Å². The van der Waals surface area contributed by atoms with E-state index in [1.165, 1.54) is 120 Å². The van der Waals surface area contributed by atoms with Crippen molar-refractivity contribution in [2.45, 2.75) is 19.3 Å². The molecular formula is C57H38. The highest BCUT2D eigenvalue weighted by molar-refractivity contribution is 6.23. The standard InChI is InChI=1S/C57H38/c1-57(2)54-33-38(25-27-49(54)50-28-26-41(34-55(50)57)52-31-39-12-4-5-13-44(39)46-15-7-8-16-47(46)52)37-22-19-35-20-23-40(30-43(35)29-37)53-32-42-24-21-36-11-3-6-14-45(36)56(42)51-18-10-9-17-48(51)53/h3-34H,1-2H3. The van der Waals surface area contributed by atoms with Crippen LogP contribution in [0.1, 0.15) is 25.0 Å². The van der Waals surface area contributed by atoms with Gasteiger partial charge in [0.1, 0.15) is 0 Å². The maximum atomic E-state index is 2.46. The van der Waals surface area contributed by atoms with Crippen molar-refractivity contribution in [2.75, 3.05) is 0 Å². The molecule has 0 saturated carbocycles. The van der Waals surface area contributed by atoms with Crippen LogP contribution in [0.15, 0.2) is 194 Å². The molecule has 0 atom stereocenters. The molecule has 0 N–H and O–H groups in total. The fourth-order valence-corrected chi connectivity index (χ4v) is 10.1. The molecule has 0 unspecified atom stereocenters. The third kappa shape index (κ3) is 4.81. The highest BCUT2D eigenvalue weighted by Crippen LogP contribution is 2.51. The summed E-state index contributed by atoms with van der Waals surface area (Å²) in [5.41, 5.74) is 12.9. The summed E-state index contributed by atoms with van der Waals surface area (Å²) < 4.78 is 0. The third-order valence-corrected chi connectivity index (χ3v) is 13.0. The van der Waals surface area contributed by atoms with Crippen molar-refractivity contribution in [3.63, 3.8) is 0 Å². The lowest BCUT2D eigenvalue weighted by Crippen LogP contribution is -2.15. The van der Waals surface area contributed by atoms with E-state index in [1.54, 1.807) is 0 Å². The molecule has 0 aliphatic heterocycles. The van der Waals surface area contributed by atoms with E-state index in [0.717, 1.165) is 0 Å². The van der Waals surface area contributed by atoms with Crippen molar-refractivity contribution in [3.8, 4) is 44.5 Å². The Morgan fingerprint density at radius 2 is 0.719 bits per heavy atom. The summed E-state index contributed by atoms with van der Waals surface area (Å²) in [7, 11) is 0. The second-order valence-electron chi connectivity index (χ2n) is 16.5. The van der Waals surface area contributed by atoms with Crippen LogP contribution >= 0.6 is 0 Å². The number of hydrogen-bond donors (Lipinski definition) is 0. The van der Waals surface area contributed by atoms with E-state index in [2.05, 4.69) is 208 Å². The van der Waals surface area contributed by atoms with E-state index in [4.69, 9.17) is 0 Å². The molecule has 11 aromatic rings. The van der Waals surface area contributed by atoms with Gasteiger partial charge in [-0.2, -0.15) is 0 Å². The van der Waals surface area contributed by atoms with Gasteiger partial charge in [0.15, 0.2) is 0 Å². The van der Waals surface area contributed by atoms with Gasteiger partial charge in [0.2, 0.25) is 0 Å². The van der Waals surface area contributed by atoms with Crippen LogP contribution in [0.3, 0.4) is 0 Å². The zero-order valence-electron chi connectivity index (χ0n) is 32.0. The highest BCUT2D eigenvalue weighted by atomic mass is 14.4. The normalized spacial score (nSPS) is 13.2. The maximum Gasteiger partial charge on any atom is 0.0159 e. The summed E-state index contributed by atoms with van der Waals surface area (Å²) in [6, 6.07) is 72.8. The van der Waals surface area contributed by atoms with E-state index < -0.39 is 0 Å². The van der Waals surface area contributed by atoms with Gasteiger partial charge in [-0.25, -0.2) is 0 Å². The summed E-state index contributed by atoms with van der Waals surface area (Å²) in [5, 5.41) is 15.5. The first kappa shape index (κ1) is 32.2. The minimum Gasteiger partial charge on any atom is -0.0616 e. The molecule has 0 heteroatoms. The van der Waals surface area contributed by atoms with Crippen LogP contribution in [0.25, 0.3) is 109 Å². The summed E-state index contributed by atoms with van der Waals surface area (Å²) in [6.45, 7) is 4.79. The molecule has 0 amide bonds. The molecule has 0 saturated heterocycles. The zero-order valence-corrected chi connectivity index (χ0v) is 32.0. The predicted octanol–water partition coefficient (Wildman–Crippen LogP) is 15.9. The summed E-state index contributed by atoms with van der Waals surface area (Å²) in [6.07, 6.45) is 0. The average molecular weight is 723 g/mol. The Balaban J connectivity index is 0.945. The van der Waals surface area contributed by atoms with Gasteiger partial charge < -0.3 is 0 Å². The molecule has 266 valence electrons. The Morgan fingerprint density at radius 3 is 1.47 bits per heavy atom. The van der Waals surface area contributed by atoms with Crippen molar-refractivity contribution in [1.29, 1.82) is 0 Å². The van der Waals surface area contributed by atoms with E-state index in [-0.39, 0.29) is 5.41 Å². The molecule has 1 aliphatic carbocycles. The summed E-state index contributed by atoms with van der Waals surface area (Å²) in [4.78, 5) is 0. The van der Waals surface area contributed by atoms with Crippen molar-refractivity contribution in [2.24, 2.45) is 0 Å². The fraction of sp³-hybridized carbons (Fsp3) is 0.0526. The highest BCUT2D eigenvalue weighted by Gasteiger charge is 2.36. The molecule has 0 aromatic heterocycles. The lowest BCUT2D eigenvalue weighted by Gasteiger charge is -2.23. The van der Waals surface area contributed by atoms with Gasteiger partial charge in [-0.05, 0) is 157 Å². The number of benzene rings is 11. The van der Waals surface area contributed by atoms with Crippen molar-refractivity contribution in [1.82, 2.24) is 0 Å². The molecule has 12 rings (SSSR count). The first-order valence-corrected chi connectivity index (χ1v) is 20.1. The van der Waals surface area contributed by atoms with Gasteiger partial charge in [-0.3, -0.25) is 0 Å². The smallest absolute Gasteiger partial charge is 0.0159 e. The van der Waals surface area contributed by atoms with Crippen LogP contribution in [-0.2, 0) is 5.41 Å². The number of fused-ring (bicyclic) bond motifs is 12. The van der Waals surface area contributed by atoms with Crippen LogP contribution < -0.4 is 0 Å². The monoisotopic (exact) mass is 722 g/mol. The largest absolute Gasteiger partial charge is 0.0616 e. The van der Waals surface area contributed by atoms with Crippen LogP contribution in [0.4, 0.5) is 0 Å². The Bertz CT molecular complexity index is 3490. The maximum absolute atomic E-state index is 2.46. The van der Waals surface area contributed by atoms with Crippen molar-refractivity contribution < 1.29 is 0 Å². The van der Waals surface area contributed by atoms with Crippen molar-refractivity contribution in [3.05, 3.63) is 205 Å². The van der Waals surface area contributed by atoms with E-state index in [9.17, 15) is 0 Å². The molecule has 11 aromatic carbocycles. The molecule has 57 heavy (non-hydrogen) atoms. The molecule has 0 spiro atoms. The van der Waals surface area contributed by atoms with E-state index in [0.29, 0.717) is 0 Å². The fourth-order valence-electron chi connectivity index (χ4n) is 10.1. The molecule has 0 nitrogen and oxygen atoms in total. The summed E-state index contributed by atoms with van der Waals surface area (Å²) >= 11 is 0. The molecule has 0 radical (unpaired) electrons. The second-order valence-corrected chi connectivity index (χ2v) is 16.5. The van der Waals surface area contributed by atoms with Gasteiger partial charge >= 0.3 is 0 Å². The van der Waals surface area contributed by atoms with Gasteiger partial charge in [-0.15, -0.1) is 0 Å². The van der Waals surface area contributed by atoms with Gasteiger partial charge in [-0.1, -0.05) is 172 Å². The first-order valence-electron chi connectivity index (χ1n) is 20.1. The topological polar surface area (TPSA) is 0 Å².